The molecular formula is C45H34B5N5. The maximum absolute atomic E-state index is 5.27. The van der Waals surface area contributed by atoms with Crippen LogP contribution in [0.3, 0.4) is 0 Å². The summed E-state index contributed by atoms with van der Waals surface area (Å²) in [7, 11) is 11.3. The van der Waals surface area contributed by atoms with Crippen molar-refractivity contribution in [1.29, 1.82) is 0 Å². The number of nitrogens with zero attached hydrogens (tertiary/aromatic N) is 5. The van der Waals surface area contributed by atoms with Gasteiger partial charge >= 0.3 is 0 Å². The van der Waals surface area contributed by atoms with Gasteiger partial charge in [-0.3, -0.25) is 4.57 Å². The third kappa shape index (κ3) is 5.19. The maximum Gasteiger partial charge on any atom is 0.238 e. The van der Waals surface area contributed by atoms with Gasteiger partial charge in [0.1, 0.15) is 39.2 Å². The van der Waals surface area contributed by atoms with E-state index < -0.39 is 0 Å². The Kier molecular flexibility index (Phi) is 7.70. The fraction of sp³-hybridized carbons (Fsp3) is 0. The van der Waals surface area contributed by atoms with Crippen molar-refractivity contribution in [2.24, 2.45) is 0 Å². The van der Waals surface area contributed by atoms with E-state index in [-0.39, 0.29) is 0 Å². The van der Waals surface area contributed by atoms with Gasteiger partial charge in [0.2, 0.25) is 5.95 Å². The van der Waals surface area contributed by atoms with Gasteiger partial charge < -0.3 is 4.57 Å². The van der Waals surface area contributed by atoms with Gasteiger partial charge in [-0.25, -0.2) is 4.98 Å². The molecule has 7 aromatic carbocycles. The van der Waals surface area contributed by atoms with Crippen LogP contribution in [0.25, 0.3) is 89.2 Å². The predicted molar refractivity (Wildman–Crippen MR) is 246 cm³/mol. The van der Waals surface area contributed by atoms with Gasteiger partial charge in [-0.1, -0.05) is 143 Å². The van der Waals surface area contributed by atoms with Crippen LogP contribution in [-0.2, 0) is 0 Å². The minimum absolute atomic E-state index is 0.582. The molecular weight excluding hydrogens is 665 g/mol. The lowest BCUT2D eigenvalue weighted by molar-refractivity contribution is 0.953. The van der Waals surface area contributed by atoms with Crippen molar-refractivity contribution in [1.82, 2.24) is 24.1 Å². The lowest BCUT2D eigenvalue weighted by Gasteiger charge is -2.22. The van der Waals surface area contributed by atoms with Gasteiger partial charge in [-0.2, -0.15) is 9.97 Å². The molecule has 5 nitrogen and oxygen atoms in total. The molecule has 0 radical (unpaired) electrons. The molecule has 254 valence electrons. The van der Waals surface area contributed by atoms with E-state index in [9.17, 15) is 0 Å². The second-order valence-corrected chi connectivity index (χ2v) is 14.7. The summed E-state index contributed by atoms with van der Waals surface area (Å²) in [5.41, 5.74) is 16.5. The molecule has 10 heteroatoms. The van der Waals surface area contributed by atoms with Gasteiger partial charge in [-0.05, 0) is 35.4 Å². The number of benzene rings is 7. The Morgan fingerprint density at radius 2 is 0.745 bits per heavy atom. The largest absolute Gasteiger partial charge is 0.310 e. The summed E-state index contributed by atoms with van der Waals surface area (Å²) < 4.78 is 4.71. The molecule has 0 spiro atoms. The van der Waals surface area contributed by atoms with E-state index in [0.717, 1.165) is 44.0 Å². The second kappa shape index (κ2) is 12.8. The molecule has 0 aliphatic rings. The minimum atomic E-state index is 0.582. The van der Waals surface area contributed by atoms with Crippen molar-refractivity contribution in [2.45, 2.75) is 0 Å². The van der Waals surface area contributed by atoms with Crippen molar-refractivity contribution in [3.05, 3.63) is 146 Å². The number of hydrogen-bond donors (Lipinski definition) is 0. The van der Waals surface area contributed by atoms with E-state index in [4.69, 9.17) is 15.0 Å². The van der Waals surface area contributed by atoms with Gasteiger partial charge in [0, 0.05) is 38.4 Å². The second-order valence-electron chi connectivity index (χ2n) is 14.7. The molecule has 55 heavy (non-hydrogen) atoms. The van der Waals surface area contributed by atoms with Crippen molar-refractivity contribution in [2.75, 3.05) is 0 Å². The van der Waals surface area contributed by atoms with Crippen LogP contribution in [0.1, 0.15) is 0 Å². The Morgan fingerprint density at radius 3 is 1.33 bits per heavy atom. The fourth-order valence-electron chi connectivity index (χ4n) is 8.46. The van der Waals surface area contributed by atoms with Crippen LogP contribution in [0, 0.1) is 0 Å². The molecule has 0 aliphatic heterocycles. The first-order chi connectivity index (χ1) is 26.9. The lowest BCUT2D eigenvalue weighted by Crippen LogP contribution is -2.56. The zero-order valence-corrected chi connectivity index (χ0v) is 31.6. The van der Waals surface area contributed by atoms with E-state index in [1.165, 1.54) is 54.9 Å². The average molecular weight is 699 g/mol. The van der Waals surface area contributed by atoms with Gasteiger partial charge in [0.05, 0.1) is 22.1 Å². The number of para-hydroxylation sites is 2. The van der Waals surface area contributed by atoms with E-state index in [1.807, 2.05) is 24.3 Å². The molecule has 0 bridgehead atoms. The summed E-state index contributed by atoms with van der Waals surface area (Å²) in [6, 6.07) is 51.3. The quantitative estimate of drug-likeness (QED) is 0.260. The number of hydrogen-bond acceptors (Lipinski definition) is 3. The van der Waals surface area contributed by atoms with E-state index in [1.54, 1.807) is 0 Å². The highest BCUT2D eigenvalue weighted by Crippen LogP contribution is 2.39. The fourth-order valence-corrected chi connectivity index (χ4v) is 8.46. The standard InChI is InChI=1S/C45H34B5N5/c46-37-38(47)40(49)42(41(50)39(37)48)54-33-17-9-7-15-29(33)31-23-32-30-16-8-10-18-34(30)55(36(32)24-35(31)54)45-52-43(27-13-5-2-6-14-27)51-44(53-45)28-21-19-26(20-22-28)25-11-3-1-4-12-25/h1-24H,46-50H2. The minimum Gasteiger partial charge on any atom is -0.310 e. The highest BCUT2D eigenvalue weighted by Gasteiger charge is 2.23. The summed E-state index contributed by atoms with van der Waals surface area (Å²) >= 11 is 0. The zero-order valence-electron chi connectivity index (χ0n) is 31.6. The van der Waals surface area contributed by atoms with E-state index in [0.29, 0.717) is 17.6 Å². The molecule has 0 N–H and O–H groups in total. The molecule has 0 saturated carbocycles. The Morgan fingerprint density at radius 1 is 0.327 bits per heavy atom. The first-order valence-electron chi connectivity index (χ1n) is 18.9. The monoisotopic (exact) mass is 699 g/mol. The normalized spacial score (nSPS) is 11.6. The molecule has 3 aromatic heterocycles. The summed E-state index contributed by atoms with van der Waals surface area (Å²) in [6.07, 6.45) is 0. The highest BCUT2D eigenvalue weighted by molar-refractivity contribution is 6.68. The average Bonchev–Trinajstić information content (AvgIpc) is 3.74. The van der Waals surface area contributed by atoms with Crippen LogP contribution in [0.15, 0.2) is 146 Å². The number of rotatable bonds is 5. The van der Waals surface area contributed by atoms with E-state index >= 15 is 0 Å². The molecule has 0 unspecified atom stereocenters. The van der Waals surface area contributed by atoms with Crippen molar-refractivity contribution < 1.29 is 0 Å². The molecule has 3 heterocycles. The molecule has 0 fully saturated rings. The maximum atomic E-state index is 5.27. The summed E-state index contributed by atoms with van der Waals surface area (Å²) in [6.45, 7) is 0. The molecule has 10 aromatic rings. The number of fused-ring (bicyclic) bond motifs is 6. The first-order valence-corrected chi connectivity index (χ1v) is 18.9. The molecule has 0 aliphatic carbocycles. The highest BCUT2D eigenvalue weighted by atomic mass is 15.2. The van der Waals surface area contributed by atoms with E-state index in [2.05, 4.69) is 170 Å². The third-order valence-corrected chi connectivity index (χ3v) is 11.8. The van der Waals surface area contributed by atoms with Crippen molar-refractivity contribution in [3.63, 3.8) is 0 Å². The number of aromatic nitrogens is 5. The van der Waals surface area contributed by atoms with Gasteiger partial charge in [-0.15, -0.1) is 5.46 Å². The van der Waals surface area contributed by atoms with Crippen LogP contribution in [0.5, 0.6) is 0 Å². The SMILES string of the molecule is Bc1c(B)c(B)c(-n2c3ccccc3c3cc4c5ccccc5n(-c5nc(-c6ccccc6)nc(-c6ccc(-c7ccccc7)cc6)n5)c4cc32)c(B)c1B. The van der Waals surface area contributed by atoms with Gasteiger partial charge in [0.15, 0.2) is 11.6 Å². The summed E-state index contributed by atoms with van der Waals surface area (Å²) in [5.74, 6) is 1.84. The molecule has 0 amide bonds. The Balaban J connectivity index is 1.28. The van der Waals surface area contributed by atoms with Gasteiger partial charge in [0.25, 0.3) is 0 Å². The Bertz CT molecular complexity index is 3110. The summed E-state index contributed by atoms with van der Waals surface area (Å²) in [4.78, 5) is 15.6. The Hall–Kier alpha value is -6.53. The first kappa shape index (κ1) is 33.1. The topological polar surface area (TPSA) is 48.5 Å². The van der Waals surface area contributed by atoms with Crippen LogP contribution in [0.4, 0.5) is 0 Å². The molecule has 10 rings (SSSR count). The zero-order chi connectivity index (χ0) is 37.4. The predicted octanol–water partition coefficient (Wildman–Crippen LogP) is 2.36. The molecule has 0 saturated heterocycles. The third-order valence-electron chi connectivity index (χ3n) is 11.8. The van der Waals surface area contributed by atoms with Crippen molar-refractivity contribution >= 4 is 110 Å². The molecule has 0 atom stereocenters. The summed E-state index contributed by atoms with van der Waals surface area (Å²) in [5, 5.41) is 4.77. The Labute approximate surface area is 324 Å². The van der Waals surface area contributed by atoms with Crippen LogP contribution in [-0.4, -0.2) is 63.3 Å². The van der Waals surface area contributed by atoms with Crippen LogP contribution < -0.4 is 27.3 Å². The van der Waals surface area contributed by atoms with Crippen molar-refractivity contribution in [3.8, 4) is 45.5 Å². The lowest BCUT2D eigenvalue weighted by atomic mass is 9.61. The van der Waals surface area contributed by atoms with Crippen LogP contribution >= 0.6 is 0 Å². The van der Waals surface area contributed by atoms with Crippen LogP contribution in [0.2, 0.25) is 0 Å². The smallest absolute Gasteiger partial charge is 0.238 e.